The van der Waals surface area contributed by atoms with Crippen molar-refractivity contribution in [2.45, 2.75) is 39.2 Å². The molecule has 4 aromatic rings. The summed E-state index contributed by atoms with van der Waals surface area (Å²) >= 11 is 0. The topological polar surface area (TPSA) is 98.4 Å². The van der Waals surface area contributed by atoms with E-state index in [4.69, 9.17) is 9.15 Å². The summed E-state index contributed by atoms with van der Waals surface area (Å²) in [4.78, 5) is 25.2. The number of benzene rings is 2. The van der Waals surface area contributed by atoms with Crippen LogP contribution < -0.4 is 15.4 Å². The van der Waals surface area contributed by atoms with Crippen LogP contribution in [0.25, 0.3) is 0 Å². The summed E-state index contributed by atoms with van der Waals surface area (Å²) in [7, 11) is 1.65. The van der Waals surface area contributed by atoms with Gasteiger partial charge in [-0.3, -0.25) is 14.3 Å². The summed E-state index contributed by atoms with van der Waals surface area (Å²) in [6, 6.07) is 21.6. The van der Waals surface area contributed by atoms with Gasteiger partial charge in [0.05, 0.1) is 11.9 Å². The molecule has 0 unspecified atom stereocenters. The largest absolute Gasteiger partial charge is 0.486 e. The van der Waals surface area contributed by atoms with E-state index in [1.807, 2.05) is 37.3 Å². The molecule has 0 fully saturated rings. The van der Waals surface area contributed by atoms with Crippen LogP contribution in [-0.2, 0) is 19.1 Å². The van der Waals surface area contributed by atoms with E-state index in [0.29, 0.717) is 23.7 Å². The van der Waals surface area contributed by atoms with Gasteiger partial charge in [0.25, 0.3) is 11.8 Å². The maximum Gasteiger partial charge on any atom is 0.291 e. The molecule has 0 spiro atoms. The number of hydrogen-bond acceptors (Lipinski definition) is 5. The van der Waals surface area contributed by atoms with Crippen LogP contribution in [0.5, 0.6) is 5.75 Å². The molecule has 4 rings (SSSR count). The molecule has 2 amide bonds. The molecule has 0 saturated carbocycles. The van der Waals surface area contributed by atoms with Gasteiger partial charge in [-0.2, -0.15) is 5.10 Å². The maximum absolute atomic E-state index is 12.7. The summed E-state index contributed by atoms with van der Waals surface area (Å²) < 4.78 is 13.0. The molecule has 2 N–H and O–H groups in total. The summed E-state index contributed by atoms with van der Waals surface area (Å²) in [6.07, 6.45) is 2.24. The van der Waals surface area contributed by atoms with Crippen LogP contribution in [0, 0.1) is 0 Å². The van der Waals surface area contributed by atoms with Crippen LogP contribution in [0.4, 0.5) is 5.69 Å². The molecule has 192 valence electrons. The Bertz CT molecular complexity index is 1350. The fourth-order valence-corrected chi connectivity index (χ4v) is 4.03. The number of nitrogens with one attached hydrogen (secondary N) is 2. The molecular formula is C29H32N4O4. The van der Waals surface area contributed by atoms with E-state index >= 15 is 0 Å². The van der Waals surface area contributed by atoms with Gasteiger partial charge in [0.2, 0.25) is 0 Å². The molecule has 2 aromatic carbocycles. The third kappa shape index (κ3) is 5.91. The Hall–Kier alpha value is -4.33. The van der Waals surface area contributed by atoms with Crippen molar-refractivity contribution in [3.8, 4) is 5.75 Å². The number of nitrogens with zero attached hydrogens (tertiary/aromatic N) is 2. The first kappa shape index (κ1) is 25.8. The van der Waals surface area contributed by atoms with E-state index in [9.17, 15) is 9.59 Å². The lowest BCUT2D eigenvalue weighted by Crippen LogP contribution is -2.27. The molecule has 0 aliphatic rings. The maximum atomic E-state index is 12.7. The smallest absolute Gasteiger partial charge is 0.291 e. The first-order valence-corrected chi connectivity index (χ1v) is 12.3. The number of carbonyl (C=O) groups is 2. The number of aryl methyl sites for hydroxylation is 1. The zero-order valence-electron chi connectivity index (χ0n) is 21.6. The minimum atomic E-state index is -0.476. The number of hydrogen-bond donors (Lipinski definition) is 2. The van der Waals surface area contributed by atoms with Crippen LogP contribution in [0.2, 0.25) is 0 Å². The van der Waals surface area contributed by atoms with Crippen LogP contribution in [-0.4, -0.2) is 28.1 Å². The first-order valence-electron chi connectivity index (χ1n) is 12.3. The molecule has 0 saturated heterocycles. The number of aromatic nitrogens is 2. The van der Waals surface area contributed by atoms with Crippen LogP contribution >= 0.6 is 0 Å². The van der Waals surface area contributed by atoms with E-state index in [2.05, 4.69) is 53.8 Å². The van der Waals surface area contributed by atoms with Crippen molar-refractivity contribution in [3.63, 3.8) is 0 Å². The lowest BCUT2D eigenvalue weighted by molar-refractivity contribution is 0.0945. The standard InChI is InChI=1S/C29H32N4O4/c1-5-17-30-28(35)26-24(18-31-33(26)4)32-27(34)25-16-15-23(37-25)19-36-22-13-11-21(12-14-22)29(2,3)20-9-7-6-8-10-20/h6-16,18H,5,17,19H2,1-4H3,(H,30,35)(H,32,34). The molecule has 0 aliphatic heterocycles. The molecule has 37 heavy (non-hydrogen) atoms. The number of anilines is 1. The third-order valence-electron chi connectivity index (χ3n) is 6.28. The average molecular weight is 501 g/mol. The van der Waals surface area contributed by atoms with Crippen molar-refractivity contribution in [2.75, 3.05) is 11.9 Å². The van der Waals surface area contributed by atoms with E-state index in [1.165, 1.54) is 22.0 Å². The quantitative estimate of drug-likeness (QED) is 0.308. The van der Waals surface area contributed by atoms with Gasteiger partial charge in [0, 0.05) is 19.0 Å². The summed E-state index contributed by atoms with van der Waals surface area (Å²) in [6.45, 7) is 7.06. The van der Waals surface area contributed by atoms with Gasteiger partial charge >= 0.3 is 0 Å². The highest BCUT2D eigenvalue weighted by Gasteiger charge is 2.23. The normalized spacial score (nSPS) is 11.2. The first-order chi connectivity index (χ1) is 17.8. The lowest BCUT2D eigenvalue weighted by atomic mass is 9.78. The van der Waals surface area contributed by atoms with Gasteiger partial charge in [0.1, 0.15) is 23.8 Å². The van der Waals surface area contributed by atoms with Gasteiger partial charge in [-0.25, -0.2) is 0 Å². The van der Waals surface area contributed by atoms with Gasteiger partial charge in [-0.1, -0.05) is 63.2 Å². The highest BCUT2D eigenvalue weighted by atomic mass is 16.5. The van der Waals surface area contributed by atoms with E-state index in [1.54, 1.807) is 19.2 Å². The molecule has 0 aliphatic carbocycles. The zero-order valence-corrected chi connectivity index (χ0v) is 21.6. The molecule has 2 aromatic heterocycles. The number of amides is 2. The van der Waals surface area contributed by atoms with Gasteiger partial charge in [0.15, 0.2) is 5.76 Å². The van der Waals surface area contributed by atoms with E-state index in [-0.39, 0.29) is 29.4 Å². The van der Waals surface area contributed by atoms with Crippen molar-refractivity contribution in [3.05, 3.63) is 101 Å². The Morgan fingerprint density at radius 3 is 2.38 bits per heavy atom. The Labute approximate surface area is 216 Å². The number of ether oxygens (including phenoxy) is 1. The second-order valence-corrected chi connectivity index (χ2v) is 9.31. The predicted molar refractivity (Wildman–Crippen MR) is 142 cm³/mol. The molecule has 0 radical (unpaired) electrons. The molecular weight excluding hydrogens is 468 g/mol. The van der Waals surface area contributed by atoms with Crippen molar-refractivity contribution in [2.24, 2.45) is 7.05 Å². The van der Waals surface area contributed by atoms with Crippen LogP contribution in [0.3, 0.4) is 0 Å². The lowest BCUT2D eigenvalue weighted by Gasteiger charge is -2.26. The minimum Gasteiger partial charge on any atom is -0.486 e. The van der Waals surface area contributed by atoms with E-state index in [0.717, 1.165) is 6.42 Å². The fraction of sp³-hybridized carbons (Fsp3) is 0.276. The molecule has 2 heterocycles. The summed E-state index contributed by atoms with van der Waals surface area (Å²) in [5.74, 6) is 0.543. The monoisotopic (exact) mass is 500 g/mol. The minimum absolute atomic E-state index is 0.113. The van der Waals surface area contributed by atoms with Gasteiger partial charge in [-0.05, 0) is 41.8 Å². The Balaban J connectivity index is 1.36. The third-order valence-corrected chi connectivity index (χ3v) is 6.28. The second kappa shape index (κ2) is 11.2. The Morgan fingerprint density at radius 2 is 1.68 bits per heavy atom. The van der Waals surface area contributed by atoms with Gasteiger partial charge < -0.3 is 19.8 Å². The molecule has 8 heteroatoms. The Kier molecular flexibility index (Phi) is 7.77. The summed E-state index contributed by atoms with van der Waals surface area (Å²) in [5, 5.41) is 9.59. The van der Waals surface area contributed by atoms with E-state index < -0.39 is 5.91 Å². The highest BCUT2D eigenvalue weighted by molar-refractivity contribution is 6.07. The average Bonchev–Trinajstić information content (AvgIpc) is 3.53. The van der Waals surface area contributed by atoms with Crippen molar-refractivity contribution >= 4 is 17.5 Å². The zero-order chi connectivity index (χ0) is 26.4. The second-order valence-electron chi connectivity index (χ2n) is 9.31. The SMILES string of the molecule is CCCNC(=O)c1c(NC(=O)c2ccc(COc3ccc(C(C)(C)c4ccccc4)cc3)o2)cnn1C. The van der Waals surface area contributed by atoms with Crippen LogP contribution in [0.15, 0.2) is 77.3 Å². The number of rotatable bonds is 10. The molecule has 0 atom stereocenters. The van der Waals surface area contributed by atoms with Crippen molar-refractivity contribution in [1.82, 2.24) is 15.1 Å². The number of carbonyl (C=O) groups excluding carboxylic acids is 2. The highest BCUT2D eigenvalue weighted by Crippen LogP contribution is 2.32. The summed E-state index contributed by atoms with van der Waals surface area (Å²) in [5.41, 5.74) is 2.88. The fourth-order valence-electron chi connectivity index (χ4n) is 4.03. The Morgan fingerprint density at radius 1 is 0.973 bits per heavy atom. The van der Waals surface area contributed by atoms with Crippen LogP contribution in [0.1, 0.15) is 65.1 Å². The molecule has 8 nitrogen and oxygen atoms in total. The van der Waals surface area contributed by atoms with Crippen molar-refractivity contribution in [1.29, 1.82) is 0 Å². The van der Waals surface area contributed by atoms with Gasteiger partial charge in [-0.15, -0.1) is 0 Å². The van der Waals surface area contributed by atoms with Crippen molar-refractivity contribution < 1.29 is 18.7 Å². The predicted octanol–water partition coefficient (Wildman–Crippen LogP) is 5.31. The molecule has 0 bridgehead atoms. The number of furan rings is 1.